The lowest BCUT2D eigenvalue weighted by Crippen LogP contribution is -2.43. The highest BCUT2D eigenvalue weighted by Gasteiger charge is 2.40. The van der Waals surface area contributed by atoms with Crippen LogP contribution in [0.4, 0.5) is 13.2 Å². The monoisotopic (exact) mass is 374 g/mol. The Morgan fingerprint density at radius 1 is 1.11 bits per heavy atom. The molecule has 2 aromatic rings. The van der Waals surface area contributed by atoms with Crippen molar-refractivity contribution in [1.82, 2.24) is 5.01 Å². The minimum absolute atomic E-state index is 0.0661. The topological polar surface area (TPSA) is 24.8 Å². The van der Waals surface area contributed by atoms with Gasteiger partial charge in [-0.3, -0.25) is 5.01 Å². The molecule has 1 atom stereocenters. The van der Waals surface area contributed by atoms with Crippen LogP contribution < -0.4 is 4.74 Å². The molecule has 0 fully saturated rings. The number of allylic oxidation sites excluding steroid dienone is 1. The summed E-state index contributed by atoms with van der Waals surface area (Å²) in [4.78, 5) is 0. The SMILES string of the molecule is C=C(C)N(/N=C(\C)c1cc(F)ccc1F)C1(C)CCOc2ccc(F)cc21. The zero-order valence-electron chi connectivity index (χ0n) is 15.5. The molecule has 27 heavy (non-hydrogen) atoms. The molecule has 3 rings (SSSR count). The van der Waals surface area contributed by atoms with Gasteiger partial charge < -0.3 is 4.74 Å². The van der Waals surface area contributed by atoms with Gasteiger partial charge in [-0.25, -0.2) is 13.2 Å². The first-order chi connectivity index (χ1) is 12.7. The molecule has 0 amide bonds. The minimum atomic E-state index is -0.743. The molecule has 1 unspecified atom stereocenters. The van der Waals surface area contributed by atoms with Gasteiger partial charge in [0.1, 0.15) is 23.2 Å². The molecule has 0 spiro atoms. The average Bonchev–Trinajstić information content (AvgIpc) is 2.62. The smallest absolute Gasteiger partial charge is 0.132 e. The van der Waals surface area contributed by atoms with E-state index in [1.54, 1.807) is 24.9 Å². The van der Waals surface area contributed by atoms with E-state index in [0.717, 1.165) is 18.2 Å². The van der Waals surface area contributed by atoms with E-state index in [4.69, 9.17) is 4.74 Å². The lowest BCUT2D eigenvalue weighted by Gasteiger charge is -2.43. The summed E-state index contributed by atoms with van der Waals surface area (Å²) in [6, 6.07) is 7.56. The molecule has 0 radical (unpaired) electrons. The van der Waals surface area contributed by atoms with Gasteiger partial charge in [0, 0.05) is 23.2 Å². The van der Waals surface area contributed by atoms with Crippen LogP contribution in [-0.4, -0.2) is 17.3 Å². The second kappa shape index (κ2) is 7.10. The van der Waals surface area contributed by atoms with E-state index in [2.05, 4.69) is 11.7 Å². The number of rotatable bonds is 4. The van der Waals surface area contributed by atoms with Crippen LogP contribution in [0.15, 0.2) is 53.8 Å². The Morgan fingerprint density at radius 3 is 2.48 bits per heavy atom. The Balaban J connectivity index is 2.11. The van der Waals surface area contributed by atoms with Crippen molar-refractivity contribution in [1.29, 1.82) is 0 Å². The summed E-state index contributed by atoms with van der Waals surface area (Å²) >= 11 is 0. The van der Waals surface area contributed by atoms with E-state index in [9.17, 15) is 13.2 Å². The maximum Gasteiger partial charge on any atom is 0.132 e. The highest BCUT2D eigenvalue weighted by molar-refractivity contribution is 5.98. The molecule has 3 nitrogen and oxygen atoms in total. The summed E-state index contributed by atoms with van der Waals surface area (Å²) in [7, 11) is 0. The third-order valence-electron chi connectivity index (χ3n) is 4.77. The zero-order chi connectivity index (χ0) is 19.8. The number of benzene rings is 2. The van der Waals surface area contributed by atoms with Crippen molar-refractivity contribution in [2.45, 2.75) is 32.7 Å². The highest BCUT2D eigenvalue weighted by Crippen LogP contribution is 2.43. The van der Waals surface area contributed by atoms with E-state index >= 15 is 0 Å². The van der Waals surface area contributed by atoms with E-state index < -0.39 is 17.2 Å². The third kappa shape index (κ3) is 3.56. The number of nitrogens with zero attached hydrogens (tertiary/aromatic N) is 2. The number of ether oxygens (including phenoxy) is 1. The molecule has 1 aliphatic rings. The number of fused-ring (bicyclic) bond motifs is 1. The van der Waals surface area contributed by atoms with Crippen LogP contribution in [0.25, 0.3) is 0 Å². The first-order valence-electron chi connectivity index (χ1n) is 8.61. The van der Waals surface area contributed by atoms with Crippen molar-refractivity contribution < 1.29 is 17.9 Å². The standard InChI is InChI=1S/C21H21F3N2O/c1-13(2)26(25-14(3)17-11-15(22)5-7-19(17)24)21(4)9-10-27-20-8-6-16(23)12-18(20)21/h5-8,11-12H,1,9-10H2,2-4H3/b25-14+. The lowest BCUT2D eigenvalue weighted by molar-refractivity contribution is 0.0904. The Bertz CT molecular complexity index is 926. The second-order valence-electron chi connectivity index (χ2n) is 6.87. The predicted molar refractivity (Wildman–Crippen MR) is 99.1 cm³/mol. The molecule has 0 saturated heterocycles. The molecule has 0 aromatic heterocycles. The Kier molecular flexibility index (Phi) is 5.00. The maximum absolute atomic E-state index is 14.1. The van der Waals surface area contributed by atoms with E-state index in [0.29, 0.717) is 35.7 Å². The molecule has 0 saturated carbocycles. The molecular weight excluding hydrogens is 353 g/mol. The van der Waals surface area contributed by atoms with Crippen LogP contribution >= 0.6 is 0 Å². The van der Waals surface area contributed by atoms with Gasteiger partial charge in [0.05, 0.1) is 17.9 Å². The molecular formula is C21H21F3N2O. The maximum atomic E-state index is 14.1. The minimum Gasteiger partial charge on any atom is -0.493 e. The Labute approximate surface area is 156 Å². The van der Waals surface area contributed by atoms with E-state index in [1.807, 2.05) is 6.92 Å². The second-order valence-corrected chi connectivity index (χ2v) is 6.87. The summed E-state index contributed by atoms with van der Waals surface area (Å²) in [6.07, 6.45) is 0.527. The summed E-state index contributed by atoms with van der Waals surface area (Å²) in [5.41, 5.74) is 0.836. The number of halogens is 3. The normalized spacial score (nSPS) is 19.3. The van der Waals surface area contributed by atoms with Gasteiger partial charge in [0.25, 0.3) is 0 Å². The van der Waals surface area contributed by atoms with Crippen molar-refractivity contribution in [3.05, 3.63) is 77.3 Å². The summed E-state index contributed by atoms with van der Waals surface area (Å²) < 4.78 is 47.3. The van der Waals surface area contributed by atoms with Crippen LogP contribution in [0.2, 0.25) is 0 Å². The quantitative estimate of drug-likeness (QED) is 0.531. The molecule has 0 N–H and O–H groups in total. The van der Waals surface area contributed by atoms with Crippen LogP contribution in [0.1, 0.15) is 38.3 Å². The number of hydrazone groups is 1. The molecule has 0 bridgehead atoms. The van der Waals surface area contributed by atoms with Crippen molar-refractivity contribution in [3.8, 4) is 5.75 Å². The fourth-order valence-corrected chi connectivity index (χ4v) is 3.36. The van der Waals surface area contributed by atoms with E-state index in [-0.39, 0.29) is 11.4 Å². The first-order valence-corrected chi connectivity index (χ1v) is 8.61. The van der Waals surface area contributed by atoms with Gasteiger partial charge in [0.15, 0.2) is 0 Å². The number of hydrogen-bond acceptors (Lipinski definition) is 3. The van der Waals surface area contributed by atoms with Gasteiger partial charge in [-0.1, -0.05) is 6.58 Å². The summed E-state index contributed by atoms with van der Waals surface area (Å²) in [6.45, 7) is 9.66. The van der Waals surface area contributed by atoms with Gasteiger partial charge in [-0.05, 0) is 57.2 Å². The zero-order valence-corrected chi connectivity index (χ0v) is 15.5. The van der Waals surface area contributed by atoms with Crippen LogP contribution in [0.5, 0.6) is 5.75 Å². The van der Waals surface area contributed by atoms with Crippen molar-refractivity contribution in [2.75, 3.05) is 6.61 Å². The summed E-state index contributed by atoms with van der Waals surface area (Å²) in [5.74, 6) is -0.930. The van der Waals surface area contributed by atoms with Crippen molar-refractivity contribution >= 4 is 5.71 Å². The Morgan fingerprint density at radius 2 is 1.78 bits per heavy atom. The molecule has 6 heteroatoms. The average molecular weight is 374 g/mol. The van der Waals surface area contributed by atoms with Crippen LogP contribution in [0.3, 0.4) is 0 Å². The fourth-order valence-electron chi connectivity index (χ4n) is 3.36. The summed E-state index contributed by atoms with van der Waals surface area (Å²) in [5, 5.41) is 6.17. The van der Waals surface area contributed by atoms with Crippen LogP contribution in [-0.2, 0) is 5.54 Å². The van der Waals surface area contributed by atoms with Crippen LogP contribution in [0, 0.1) is 17.5 Å². The van der Waals surface area contributed by atoms with E-state index in [1.165, 1.54) is 12.1 Å². The van der Waals surface area contributed by atoms with Gasteiger partial charge in [-0.2, -0.15) is 5.10 Å². The first kappa shape index (κ1) is 19.0. The molecule has 1 heterocycles. The van der Waals surface area contributed by atoms with Crippen molar-refractivity contribution in [2.24, 2.45) is 5.10 Å². The molecule has 0 aliphatic carbocycles. The number of hydrogen-bond donors (Lipinski definition) is 0. The molecule has 1 aliphatic heterocycles. The van der Waals surface area contributed by atoms with Gasteiger partial charge in [-0.15, -0.1) is 0 Å². The van der Waals surface area contributed by atoms with Gasteiger partial charge >= 0.3 is 0 Å². The highest BCUT2D eigenvalue weighted by atomic mass is 19.1. The molecule has 2 aromatic carbocycles. The largest absolute Gasteiger partial charge is 0.493 e. The van der Waals surface area contributed by atoms with Crippen molar-refractivity contribution in [3.63, 3.8) is 0 Å². The fraction of sp³-hybridized carbons (Fsp3) is 0.286. The lowest BCUT2D eigenvalue weighted by atomic mass is 9.85. The van der Waals surface area contributed by atoms with Gasteiger partial charge in [0.2, 0.25) is 0 Å². The third-order valence-corrected chi connectivity index (χ3v) is 4.77. The Hall–Kier alpha value is -2.76. The predicted octanol–water partition coefficient (Wildman–Crippen LogP) is 5.36. The molecule has 142 valence electrons.